The topological polar surface area (TPSA) is 46.6 Å². The number of amides is 1. The number of halogens is 2. The number of likely N-dealkylation sites (tertiary alicyclic amines) is 1. The highest BCUT2D eigenvalue weighted by Crippen LogP contribution is 2.47. The molecule has 0 aliphatic carbocycles. The number of rotatable bonds is 7. The van der Waals surface area contributed by atoms with Gasteiger partial charge in [0, 0.05) is 21.9 Å². The summed E-state index contributed by atoms with van der Waals surface area (Å²) >= 11 is 12.5. The predicted octanol–water partition coefficient (Wildman–Crippen LogP) is 7.36. The fourth-order valence-electron chi connectivity index (χ4n) is 4.78. The van der Waals surface area contributed by atoms with Gasteiger partial charge >= 0.3 is 5.97 Å². The summed E-state index contributed by atoms with van der Waals surface area (Å²) < 4.78 is 5.76. The van der Waals surface area contributed by atoms with Crippen LogP contribution in [0.4, 0.5) is 0 Å². The molecule has 4 nitrogen and oxygen atoms in total. The largest absolute Gasteiger partial charge is 0.458 e. The average Bonchev–Trinajstić information content (AvgIpc) is 2.76. The third-order valence-corrected chi connectivity index (χ3v) is 6.65. The van der Waals surface area contributed by atoms with Gasteiger partial charge in [-0.1, -0.05) is 60.5 Å². The fourth-order valence-corrected chi connectivity index (χ4v) is 5.10. The summed E-state index contributed by atoms with van der Waals surface area (Å²) in [6, 6.07) is 14.1. The minimum Gasteiger partial charge on any atom is -0.458 e. The van der Waals surface area contributed by atoms with Crippen LogP contribution in [-0.4, -0.2) is 28.4 Å². The van der Waals surface area contributed by atoms with Gasteiger partial charge in [-0.15, -0.1) is 6.58 Å². The van der Waals surface area contributed by atoms with Crippen LogP contribution in [-0.2, 0) is 14.3 Å². The zero-order chi connectivity index (χ0) is 25.0. The Kier molecular flexibility index (Phi) is 8.48. The Morgan fingerprint density at radius 1 is 1.15 bits per heavy atom. The second-order valence-electron chi connectivity index (χ2n) is 9.82. The van der Waals surface area contributed by atoms with Gasteiger partial charge in [0.05, 0.1) is 6.04 Å². The number of allylic oxidation sites excluding steroid dienone is 1. The van der Waals surface area contributed by atoms with Gasteiger partial charge in [0.1, 0.15) is 11.6 Å². The molecule has 6 heteroatoms. The molecule has 1 aliphatic rings. The quantitative estimate of drug-likeness (QED) is 0.294. The third-order valence-electron chi connectivity index (χ3n) is 6.16. The molecule has 4 atom stereocenters. The Morgan fingerprint density at radius 2 is 1.82 bits per heavy atom. The Hall–Kier alpha value is -2.30. The molecule has 1 amide bonds. The van der Waals surface area contributed by atoms with Crippen molar-refractivity contribution in [3.05, 3.63) is 82.4 Å². The van der Waals surface area contributed by atoms with E-state index in [-0.39, 0.29) is 23.8 Å². The molecule has 2 aromatic carbocycles. The molecule has 0 aromatic heterocycles. The van der Waals surface area contributed by atoms with E-state index in [0.717, 1.165) is 11.1 Å². The normalized spacial score (nSPS) is 21.8. The van der Waals surface area contributed by atoms with Crippen LogP contribution in [0, 0.1) is 5.92 Å². The molecular weight excluding hydrogens is 469 g/mol. The van der Waals surface area contributed by atoms with Gasteiger partial charge in [0.15, 0.2) is 0 Å². The molecule has 182 valence electrons. The first-order chi connectivity index (χ1) is 16.1. The summed E-state index contributed by atoms with van der Waals surface area (Å²) in [4.78, 5) is 29.0. The van der Waals surface area contributed by atoms with E-state index in [1.54, 1.807) is 11.0 Å². The van der Waals surface area contributed by atoms with Crippen molar-refractivity contribution in [2.45, 2.75) is 70.6 Å². The van der Waals surface area contributed by atoms with Gasteiger partial charge in [-0.25, -0.2) is 4.79 Å². The lowest BCUT2D eigenvalue weighted by Gasteiger charge is -2.47. The van der Waals surface area contributed by atoms with Crippen molar-refractivity contribution < 1.29 is 14.3 Å². The van der Waals surface area contributed by atoms with Crippen LogP contribution in [0.5, 0.6) is 0 Å². The molecule has 1 heterocycles. The van der Waals surface area contributed by atoms with Gasteiger partial charge in [-0.3, -0.25) is 4.79 Å². The standard InChI is InChI=1S/C28H33Cl2NO3/c1-6-9-20-17-23(19-10-8-11-22(30)16-19)25(18-12-14-21(29)15-13-18)31(26(20)32)24(7-2)27(33)34-28(3,4)5/h6,8,10-16,20,23-25H,1,7,9,17H2,2-5H3. The number of carbonyl (C=O) groups excluding carboxylic acids is 2. The molecule has 3 rings (SSSR count). The molecule has 34 heavy (non-hydrogen) atoms. The number of piperidine rings is 1. The number of carbonyl (C=O) groups is 2. The van der Waals surface area contributed by atoms with Crippen molar-refractivity contribution >= 4 is 35.1 Å². The van der Waals surface area contributed by atoms with Crippen molar-refractivity contribution in [3.8, 4) is 0 Å². The number of esters is 1. The Balaban J connectivity index is 2.18. The number of benzene rings is 2. The van der Waals surface area contributed by atoms with Crippen LogP contribution in [0.3, 0.4) is 0 Å². The second kappa shape index (κ2) is 11.0. The predicted molar refractivity (Wildman–Crippen MR) is 138 cm³/mol. The summed E-state index contributed by atoms with van der Waals surface area (Å²) in [5.74, 6) is -0.817. The second-order valence-corrected chi connectivity index (χ2v) is 10.7. The van der Waals surface area contributed by atoms with Crippen molar-refractivity contribution in [2.75, 3.05) is 0 Å². The number of hydrogen-bond acceptors (Lipinski definition) is 3. The van der Waals surface area contributed by atoms with E-state index in [4.69, 9.17) is 27.9 Å². The molecule has 2 aromatic rings. The molecule has 0 spiro atoms. The van der Waals surface area contributed by atoms with Crippen LogP contribution in [0.15, 0.2) is 61.2 Å². The first kappa shape index (κ1) is 26.3. The van der Waals surface area contributed by atoms with E-state index >= 15 is 0 Å². The van der Waals surface area contributed by atoms with Crippen molar-refractivity contribution in [1.29, 1.82) is 0 Å². The first-order valence-corrected chi connectivity index (χ1v) is 12.5. The highest BCUT2D eigenvalue weighted by atomic mass is 35.5. The molecule has 0 saturated carbocycles. The van der Waals surface area contributed by atoms with E-state index in [9.17, 15) is 9.59 Å². The fraction of sp³-hybridized carbons (Fsp3) is 0.429. The average molecular weight is 502 g/mol. The maximum Gasteiger partial charge on any atom is 0.329 e. The highest BCUT2D eigenvalue weighted by Gasteiger charge is 2.47. The van der Waals surface area contributed by atoms with Gasteiger partial charge in [-0.2, -0.15) is 0 Å². The number of nitrogens with zero attached hydrogens (tertiary/aromatic N) is 1. The Bertz CT molecular complexity index is 1030. The number of hydrogen-bond donors (Lipinski definition) is 0. The van der Waals surface area contributed by atoms with Crippen LogP contribution >= 0.6 is 23.2 Å². The minimum atomic E-state index is -0.721. The monoisotopic (exact) mass is 501 g/mol. The van der Waals surface area contributed by atoms with Gasteiger partial charge in [0.25, 0.3) is 0 Å². The Labute approximate surface area is 212 Å². The van der Waals surface area contributed by atoms with E-state index in [1.807, 2.05) is 76.2 Å². The lowest BCUT2D eigenvalue weighted by atomic mass is 9.74. The lowest BCUT2D eigenvalue weighted by Crippen LogP contribution is -2.55. The van der Waals surface area contributed by atoms with Crippen molar-refractivity contribution in [2.24, 2.45) is 5.92 Å². The number of ether oxygens (including phenoxy) is 1. The summed E-state index contributed by atoms with van der Waals surface area (Å²) in [5.41, 5.74) is 1.28. The summed E-state index contributed by atoms with van der Waals surface area (Å²) in [6.45, 7) is 11.3. The third kappa shape index (κ3) is 6.03. The van der Waals surface area contributed by atoms with E-state index < -0.39 is 17.6 Å². The first-order valence-electron chi connectivity index (χ1n) is 11.7. The zero-order valence-electron chi connectivity index (χ0n) is 20.3. The van der Waals surface area contributed by atoms with Crippen molar-refractivity contribution in [3.63, 3.8) is 0 Å². The summed E-state index contributed by atoms with van der Waals surface area (Å²) in [6.07, 6.45) is 3.37. The maximum atomic E-state index is 13.9. The molecule has 0 N–H and O–H groups in total. The molecular formula is C28H33Cl2NO3. The van der Waals surface area contributed by atoms with E-state index in [2.05, 4.69) is 6.58 Å². The molecule has 0 bridgehead atoms. The van der Waals surface area contributed by atoms with Gasteiger partial charge in [0.2, 0.25) is 5.91 Å². The molecule has 1 saturated heterocycles. The highest BCUT2D eigenvalue weighted by molar-refractivity contribution is 6.30. The Morgan fingerprint density at radius 3 is 2.38 bits per heavy atom. The lowest BCUT2D eigenvalue weighted by molar-refractivity contribution is -0.170. The summed E-state index contributed by atoms with van der Waals surface area (Å²) in [5, 5.41) is 1.25. The minimum absolute atomic E-state index is 0.0594. The van der Waals surface area contributed by atoms with Crippen molar-refractivity contribution in [1.82, 2.24) is 4.90 Å². The van der Waals surface area contributed by atoms with Crippen LogP contribution in [0.25, 0.3) is 0 Å². The van der Waals surface area contributed by atoms with E-state index in [0.29, 0.717) is 29.3 Å². The smallest absolute Gasteiger partial charge is 0.329 e. The molecule has 4 unspecified atom stereocenters. The van der Waals surface area contributed by atoms with Gasteiger partial charge < -0.3 is 9.64 Å². The zero-order valence-corrected chi connectivity index (χ0v) is 21.8. The van der Waals surface area contributed by atoms with Crippen LogP contribution in [0.2, 0.25) is 10.0 Å². The molecule has 0 radical (unpaired) electrons. The SMILES string of the molecule is C=CCC1CC(c2cccc(Cl)c2)C(c2ccc(Cl)cc2)N(C(CC)C(=O)OC(C)(C)C)C1=O. The van der Waals surface area contributed by atoms with E-state index in [1.165, 1.54) is 0 Å². The van der Waals surface area contributed by atoms with Crippen LogP contribution < -0.4 is 0 Å². The van der Waals surface area contributed by atoms with Crippen LogP contribution in [0.1, 0.15) is 70.0 Å². The molecule has 1 fully saturated rings. The van der Waals surface area contributed by atoms with Gasteiger partial charge in [-0.05, 0) is 75.4 Å². The maximum absolute atomic E-state index is 13.9. The molecule has 1 aliphatic heterocycles. The summed E-state index contributed by atoms with van der Waals surface area (Å²) in [7, 11) is 0.